The second-order valence-corrected chi connectivity index (χ2v) is 7.10. The number of hydrogen-bond donors (Lipinski definition) is 1. The summed E-state index contributed by atoms with van der Waals surface area (Å²) in [5.41, 5.74) is 1.33. The van der Waals surface area contributed by atoms with Gasteiger partial charge in [-0.1, -0.05) is 69.9 Å². The highest BCUT2D eigenvalue weighted by atomic mass is 16.7. The predicted molar refractivity (Wildman–Crippen MR) is 113 cm³/mol. The van der Waals surface area contributed by atoms with Gasteiger partial charge in [0.2, 0.25) is 0 Å². The van der Waals surface area contributed by atoms with Crippen molar-refractivity contribution in [2.45, 2.75) is 85.0 Å². The van der Waals surface area contributed by atoms with Crippen LogP contribution in [0, 0.1) is 0 Å². The average Bonchev–Trinajstić information content (AvgIpc) is 2.66. The van der Waals surface area contributed by atoms with Crippen molar-refractivity contribution < 1.29 is 14.4 Å². The molecule has 0 unspecified atom stereocenters. The zero-order valence-corrected chi connectivity index (χ0v) is 17.3. The standard InChI is InChI=1S/C22H36N2O3/c1-4-5-6-7-8-9-10-11-12-13-18-26-21-16-14-20(15-17-21)23-22(25)27-24-19(2)3/h14-17H,4-13,18H2,1-3H3,(H,23,25). The first-order valence-corrected chi connectivity index (χ1v) is 10.3. The Bertz CT molecular complexity index is 537. The molecule has 0 aliphatic rings. The normalized spacial score (nSPS) is 10.3. The Morgan fingerprint density at radius 1 is 0.889 bits per heavy atom. The van der Waals surface area contributed by atoms with Gasteiger partial charge in [0.25, 0.3) is 0 Å². The number of nitrogens with zero attached hydrogens (tertiary/aromatic N) is 1. The molecule has 0 bridgehead atoms. The van der Waals surface area contributed by atoms with Crippen LogP contribution in [0.25, 0.3) is 0 Å². The first kappa shape index (κ1) is 23.0. The van der Waals surface area contributed by atoms with E-state index in [1.165, 1.54) is 57.8 Å². The maximum absolute atomic E-state index is 11.5. The van der Waals surface area contributed by atoms with Crippen LogP contribution in [0.4, 0.5) is 10.5 Å². The first-order valence-electron chi connectivity index (χ1n) is 10.3. The number of unbranched alkanes of at least 4 members (excludes halogenated alkanes) is 9. The van der Waals surface area contributed by atoms with Crippen LogP contribution >= 0.6 is 0 Å². The fraction of sp³-hybridized carbons (Fsp3) is 0.636. The molecule has 1 aromatic carbocycles. The fourth-order valence-corrected chi connectivity index (χ4v) is 2.69. The second-order valence-electron chi connectivity index (χ2n) is 7.10. The van der Waals surface area contributed by atoms with E-state index in [0.29, 0.717) is 11.4 Å². The Balaban J connectivity index is 2.06. The predicted octanol–water partition coefficient (Wildman–Crippen LogP) is 6.93. The van der Waals surface area contributed by atoms with Gasteiger partial charge in [-0.25, -0.2) is 4.79 Å². The second kappa shape index (κ2) is 15.1. The number of carbonyl (C=O) groups is 1. The molecule has 1 N–H and O–H groups in total. The van der Waals surface area contributed by atoms with Crippen LogP contribution in [-0.4, -0.2) is 18.4 Å². The van der Waals surface area contributed by atoms with E-state index in [9.17, 15) is 4.79 Å². The maximum Gasteiger partial charge on any atom is 0.437 e. The molecule has 27 heavy (non-hydrogen) atoms. The third kappa shape index (κ3) is 12.9. The van der Waals surface area contributed by atoms with Crippen LogP contribution in [0.2, 0.25) is 0 Å². The third-order valence-corrected chi connectivity index (χ3v) is 4.18. The summed E-state index contributed by atoms with van der Waals surface area (Å²) in [6.07, 6.45) is 12.6. The van der Waals surface area contributed by atoms with Gasteiger partial charge < -0.3 is 4.74 Å². The van der Waals surface area contributed by atoms with Gasteiger partial charge in [0, 0.05) is 5.69 Å². The summed E-state index contributed by atoms with van der Waals surface area (Å²) in [5, 5.41) is 6.22. The lowest BCUT2D eigenvalue weighted by atomic mass is 10.1. The van der Waals surface area contributed by atoms with Crippen molar-refractivity contribution in [3.63, 3.8) is 0 Å². The lowest BCUT2D eigenvalue weighted by Gasteiger charge is -2.08. The van der Waals surface area contributed by atoms with Crippen molar-refractivity contribution in [1.82, 2.24) is 0 Å². The van der Waals surface area contributed by atoms with Crippen LogP contribution in [0.1, 0.15) is 85.0 Å². The Morgan fingerprint density at radius 2 is 1.44 bits per heavy atom. The van der Waals surface area contributed by atoms with E-state index in [1.807, 2.05) is 12.1 Å². The molecule has 1 amide bonds. The molecular weight excluding hydrogens is 340 g/mol. The number of rotatable bonds is 14. The summed E-state index contributed by atoms with van der Waals surface area (Å²) >= 11 is 0. The summed E-state index contributed by atoms with van der Waals surface area (Å²) in [4.78, 5) is 16.2. The molecule has 0 aromatic heterocycles. The molecule has 152 valence electrons. The summed E-state index contributed by atoms with van der Waals surface area (Å²) in [6.45, 7) is 6.51. The topological polar surface area (TPSA) is 59.9 Å². The molecule has 0 heterocycles. The van der Waals surface area contributed by atoms with E-state index >= 15 is 0 Å². The lowest BCUT2D eigenvalue weighted by molar-refractivity contribution is 0.166. The van der Waals surface area contributed by atoms with Crippen LogP contribution in [0.3, 0.4) is 0 Å². The first-order chi connectivity index (χ1) is 13.1. The van der Waals surface area contributed by atoms with Crippen molar-refractivity contribution in [1.29, 1.82) is 0 Å². The van der Waals surface area contributed by atoms with Crippen molar-refractivity contribution in [3.8, 4) is 5.75 Å². The van der Waals surface area contributed by atoms with E-state index in [1.54, 1.807) is 26.0 Å². The molecule has 0 fully saturated rings. The minimum atomic E-state index is -0.602. The van der Waals surface area contributed by atoms with Gasteiger partial charge in [-0.05, 0) is 44.5 Å². The van der Waals surface area contributed by atoms with E-state index < -0.39 is 6.09 Å². The van der Waals surface area contributed by atoms with Crippen molar-refractivity contribution >= 4 is 17.5 Å². The van der Waals surface area contributed by atoms with Gasteiger partial charge in [0.1, 0.15) is 5.75 Å². The molecule has 0 spiro atoms. The number of oxime groups is 1. The Morgan fingerprint density at radius 3 is 2.00 bits per heavy atom. The molecule has 1 aromatic rings. The number of hydrogen-bond acceptors (Lipinski definition) is 4. The van der Waals surface area contributed by atoms with Crippen molar-refractivity contribution in [2.75, 3.05) is 11.9 Å². The van der Waals surface area contributed by atoms with Gasteiger partial charge in [-0.15, -0.1) is 0 Å². The zero-order chi connectivity index (χ0) is 19.7. The Kier molecular flexibility index (Phi) is 12.8. The lowest BCUT2D eigenvalue weighted by Crippen LogP contribution is -2.11. The summed E-state index contributed by atoms with van der Waals surface area (Å²) < 4.78 is 5.75. The highest BCUT2D eigenvalue weighted by Gasteiger charge is 2.03. The van der Waals surface area contributed by atoms with Gasteiger partial charge in [0.15, 0.2) is 0 Å². The minimum absolute atomic E-state index is 0.602. The van der Waals surface area contributed by atoms with E-state index in [2.05, 4.69) is 22.2 Å². The van der Waals surface area contributed by atoms with Gasteiger partial charge >= 0.3 is 6.09 Å². The fourth-order valence-electron chi connectivity index (χ4n) is 2.69. The quantitative estimate of drug-likeness (QED) is 0.166. The number of carbonyl (C=O) groups excluding carboxylic acids is 1. The summed E-state index contributed by atoms with van der Waals surface area (Å²) in [5.74, 6) is 0.812. The molecule has 5 nitrogen and oxygen atoms in total. The Hall–Kier alpha value is -2.04. The minimum Gasteiger partial charge on any atom is -0.494 e. The SMILES string of the molecule is CCCCCCCCCCCCOc1ccc(NC(=O)ON=C(C)C)cc1. The molecule has 0 saturated carbocycles. The molecule has 1 rings (SSSR count). The number of nitrogens with one attached hydrogen (secondary N) is 1. The van der Waals surface area contributed by atoms with E-state index in [4.69, 9.17) is 4.74 Å². The largest absolute Gasteiger partial charge is 0.494 e. The molecule has 0 atom stereocenters. The van der Waals surface area contributed by atoms with Crippen LogP contribution < -0.4 is 10.1 Å². The highest BCUT2D eigenvalue weighted by molar-refractivity contribution is 5.86. The van der Waals surface area contributed by atoms with Crippen LogP contribution in [0.5, 0.6) is 5.75 Å². The van der Waals surface area contributed by atoms with Crippen molar-refractivity contribution in [2.24, 2.45) is 5.16 Å². The monoisotopic (exact) mass is 376 g/mol. The smallest absolute Gasteiger partial charge is 0.437 e. The van der Waals surface area contributed by atoms with Crippen molar-refractivity contribution in [3.05, 3.63) is 24.3 Å². The van der Waals surface area contributed by atoms with Crippen LogP contribution in [-0.2, 0) is 4.84 Å². The molecular formula is C22H36N2O3. The molecule has 0 aliphatic carbocycles. The number of anilines is 1. The number of ether oxygens (including phenoxy) is 1. The molecule has 0 saturated heterocycles. The van der Waals surface area contributed by atoms with E-state index in [-0.39, 0.29) is 0 Å². The Labute approximate surface area is 164 Å². The van der Waals surface area contributed by atoms with Crippen LogP contribution in [0.15, 0.2) is 29.4 Å². The zero-order valence-electron chi connectivity index (χ0n) is 17.3. The number of amides is 1. The number of benzene rings is 1. The van der Waals surface area contributed by atoms with Gasteiger partial charge in [0.05, 0.1) is 12.3 Å². The third-order valence-electron chi connectivity index (χ3n) is 4.18. The molecule has 5 heteroatoms. The van der Waals surface area contributed by atoms with Gasteiger partial charge in [-0.2, -0.15) is 0 Å². The summed E-state index contributed by atoms with van der Waals surface area (Å²) in [6, 6.07) is 7.27. The summed E-state index contributed by atoms with van der Waals surface area (Å²) in [7, 11) is 0. The maximum atomic E-state index is 11.5. The van der Waals surface area contributed by atoms with Gasteiger partial charge in [-0.3, -0.25) is 10.2 Å². The average molecular weight is 377 g/mol. The highest BCUT2D eigenvalue weighted by Crippen LogP contribution is 2.17. The molecule has 0 radical (unpaired) electrons. The van der Waals surface area contributed by atoms with E-state index in [0.717, 1.165) is 18.8 Å². The molecule has 0 aliphatic heterocycles.